The second-order valence-electron chi connectivity index (χ2n) is 6.38. The molecule has 1 atom stereocenters. The lowest BCUT2D eigenvalue weighted by atomic mass is 10.1. The lowest BCUT2D eigenvalue weighted by Crippen LogP contribution is -2.41. The zero-order chi connectivity index (χ0) is 18.5. The number of aryl methyl sites for hydroxylation is 2. The third-order valence-corrected chi connectivity index (χ3v) is 4.14. The number of hydrogen-bond acceptors (Lipinski definition) is 4. The van der Waals surface area contributed by atoms with Gasteiger partial charge in [-0.25, -0.2) is 9.67 Å². The van der Waals surface area contributed by atoms with Crippen LogP contribution in [0.15, 0.2) is 54.7 Å². The van der Waals surface area contributed by atoms with Gasteiger partial charge in [-0.05, 0) is 43.5 Å². The summed E-state index contributed by atoms with van der Waals surface area (Å²) < 4.78 is 1.80. The summed E-state index contributed by atoms with van der Waals surface area (Å²) in [4.78, 5) is 16.6. The maximum absolute atomic E-state index is 12.2. The fourth-order valence-corrected chi connectivity index (χ4v) is 2.79. The Balaban J connectivity index is 1.56. The third-order valence-electron chi connectivity index (χ3n) is 4.14. The second-order valence-corrected chi connectivity index (χ2v) is 6.38. The molecule has 0 radical (unpaired) electrons. The molecule has 1 aromatic carbocycles. The van der Waals surface area contributed by atoms with E-state index in [0.29, 0.717) is 13.0 Å². The highest BCUT2D eigenvalue weighted by atomic mass is 16.2. The van der Waals surface area contributed by atoms with Gasteiger partial charge >= 0.3 is 0 Å². The fourth-order valence-electron chi connectivity index (χ4n) is 2.79. The van der Waals surface area contributed by atoms with Crippen LogP contribution in [0.1, 0.15) is 22.5 Å². The molecule has 0 spiro atoms. The summed E-state index contributed by atoms with van der Waals surface area (Å²) >= 11 is 0. The van der Waals surface area contributed by atoms with Gasteiger partial charge in [0.15, 0.2) is 5.82 Å². The van der Waals surface area contributed by atoms with Crippen molar-refractivity contribution < 1.29 is 4.79 Å². The van der Waals surface area contributed by atoms with Crippen LogP contribution in [0, 0.1) is 13.8 Å². The van der Waals surface area contributed by atoms with Gasteiger partial charge < -0.3 is 11.1 Å². The van der Waals surface area contributed by atoms with E-state index in [1.165, 1.54) is 0 Å². The Kier molecular flexibility index (Phi) is 5.43. The molecule has 6 heteroatoms. The number of hydrogen-bond donors (Lipinski definition) is 2. The van der Waals surface area contributed by atoms with Crippen molar-refractivity contribution in [1.82, 2.24) is 20.1 Å². The smallest absolute Gasteiger partial charge is 0.237 e. The molecule has 26 heavy (non-hydrogen) atoms. The third kappa shape index (κ3) is 4.34. The Morgan fingerprint density at radius 2 is 1.92 bits per heavy atom. The van der Waals surface area contributed by atoms with E-state index in [-0.39, 0.29) is 5.91 Å². The molecular formula is C20H23N5O. The summed E-state index contributed by atoms with van der Waals surface area (Å²) in [5.74, 6) is 0.586. The molecule has 3 aromatic rings. The molecule has 6 nitrogen and oxygen atoms in total. The standard InChI is InChI=1S/C20H23N5O/c1-14-10-15(2)25(24-14)19-9-8-17(12-22-19)13-23-20(26)18(21)11-16-6-4-3-5-7-16/h3-10,12,18H,11,13,21H2,1-2H3,(H,23,26). The molecule has 3 rings (SSSR count). The van der Waals surface area contributed by atoms with Crippen LogP contribution in [0.3, 0.4) is 0 Å². The van der Waals surface area contributed by atoms with Crippen LogP contribution < -0.4 is 11.1 Å². The Bertz CT molecular complexity index is 871. The summed E-state index contributed by atoms with van der Waals surface area (Å²) in [5, 5.41) is 7.28. The highest BCUT2D eigenvalue weighted by Gasteiger charge is 2.13. The number of nitrogens with zero attached hydrogens (tertiary/aromatic N) is 3. The summed E-state index contributed by atoms with van der Waals surface area (Å²) in [7, 11) is 0. The summed E-state index contributed by atoms with van der Waals surface area (Å²) in [5.41, 5.74) is 9.94. The topological polar surface area (TPSA) is 85.8 Å². The number of rotatable bonds is 6. The van der Waals surface area contributed by atoms with Crippen molar-refractivity contribution in [2.24, 2.45) is 5.73 Å². The summed E-state index contributed by atoms with van der Waals surface area (Å²) in [6.45, 7) is 4.34. The van der Waals surface area contributed by atoms with Crippen LogP contribution in [0.4, 0.5) is 0 Å². The first kappa shape index (κ1) is 17.8. The summed E-state index contributed by atoms with van der Waals surface area (Å²) in [6.07, 6.45) is 2.26. The maximum atomic E-state index is 12.2. The molecule has 0 aliphatic heterocycles. The number of nitrogens with two attached hydrogens (primary N) is 1. The van der Waals surface area contributed by atoms with Gasteiger partial charge in [-0.2, -0.15) is 5.10 Å². The normalized spacial score (nSPS) is 12.0. The highest BCUT2D eigenvalue weighted by Crippen LogP contribution is 2.10. The number of amides is 1. The first-order valence-corrected chi connectivity index (χ1v) is 8.59. The Morgan fingerprint density at radius 3 is 2.54 bits per heavy atom. The minimum Gasteiger partial charge on any atom is -0.351 e. The molecule has 0 saturated heterocycles. The van der Waals surface area contributed by atoms with Gasteiger partial charge in [0.2, 0.25) is 5.91 Å². The molecule has 0 bridgehead atoms. The molecule has 3 N–H and O–H groups in total. The van der Waals surface area contributed by atoms with E-state index in [1.807, 2.05) is 62.4 Å². The van der Waals surface area contributed by atoms with Crippen LogP contribution in [0.25, 0.3) is 5.82 Å². The molecule has 2 aromatic heterocycles. The van der Waals surface area contributed by atoms with E-state index in [4.69, 9.17) is 5.73 Å². The Hall–Kier alpha value is -2.99. The van der Waals surface area contributed by atoms with Crippen molar-refractivity contribution in [3.63, 3.8) is 0 Å². The minimum atomic E-state index is -0.570. The zero-order valence-corrected chi connectivity index (χ0v) is 15.0. The number of aromatic nitrogens is 3. The van der Waals surface area contributed by atoms with Crippen molar-refractivity contribution in [1.29, 1.82) is 0 Å². The minimum absolute atomic E-state index is 0.170. The van der Waals surface area contributed by atoms with Gasteiger partial charge in [0.1, 0.15) is 0 Å². The Labute approximate surface area is 153 Å². The molecule has 1 amide bonds. The van der Waals surface area contributed by atoms with Gasteiger partial charge in [0.25, 0.3) is 0 Å². The second kappa shape index (κ2) is 7.93. The van der Waals surface area contributed by atoms with Crippen LogP contribution >= 0.6 is 0 Å². The lowest BCUT2D eigenvalue weighted by Gasteiger charge is -2.12. The number of carbonyl (C=O) groups excluding carboxylic acids is 1. The van der Waals surface area contributed by atoms with Crippen LogP contribution in [-0.2, 0) is 17.8 Å². The first-order valence-electron chi connectivity index (χ1n) is 8.59. The maximum Gasteiger partial charge on any atom is 0.237 e. The lowest BCUT2D eigenvalue weighted by molar-refractivity contribution is -0.122. The van der Waals surface area contributed by atoms with Crippen molar-refractivity contribution in [3.05, 3.63) is 77.2 Å². The average molecular weight is 349 g/mol. The van der Waals surface area contributed by atoms with Gasteiger partial charge in [0, 0.05) is 18.4 Å². The molecule has 2 heterocycles. The molecule has 0 fully saturated rings. The van der Waals surface area contributed by atoms with Crippen molar-refractivity contribution in [2.45, 2.75) is 32.9 Å². The first-order chi connectivity index (χ1) is 12.5. The predicted octanol–water partition coefficient (Wildman–Crippen LogP) is 2.07. The molecular weight excluding hydrogens is 326 g/mol. The van der Waals surface area contributed by atoms with Gasteiger partial charge in [0.05, 0.1) is 11.7 Å². The number of benzene rings is 1. The van der Waals surface area contributed by atoms with E-state index in [2.05, 4.69) is 15.4 Å². The van der Waals surface area contributed by atoms with Crippen molar-refractivity contribution in [2.75, 3.05) is 0 Å². The van der Waals surface area contributed by atoms with Crippen LogP contribution in [0.2, 0.25) is 0 Å². The quantitative estimate of drug-likeness (QED) is 0.713. The van der Waals surface area contributed by atoms with Gasteiger partial charge in [-0.3, -0.25) is 4.79 Å². The molecule has 0 aliphatic rings. The zero-order valence-electron chi connectivity index (χ0n) is 15.0. The largest absolute Gasteiger partial charge is 0.351 e. The van der Waals surface area contributed by atoms with Crippen molar-refractivity contribution >= 4 is 5.91 Å². The highest BCUT2D eigenvalue weighted by molar-refractivity contribution is 5.81. The molecule has 134 valence electrons. The predicted molar refractivity (Wildman–Crippen MR) is 101 cm³/mol. The molecule has 0 saturated carbocycles. The van der Waals surface area contributed by atoms with Gasteiger partial charge in [-0.15, -0.1) is 0 Å². The number of nitrogens with one attached hydrogen (secondary N) is 1. The average Bonchev–Trinajstić information content (AvgIpc) is 2.99. The molecule has 1 unspecified atom stereocenters. The van der Waals surface area contributed by atoms with E-state index >= 15 is 0 Å². The Morgan fingerprint density at radius 1 is 1.15 bits per heavy atom. The van der Waals surface area contributed by atoms with E-state index in [1.54, 1.807) is 10.9 Å². The fraction of sp³-hybridized carbons (Fsp3) is 0.250. The van der Waals surface area contributed by atoms with E-state index in [0.717, 1.165) is 28.3 Å². The molecule has 0 aliphatic carbocycles. The van der Waals surface area contributed by atoms with E-state index in [9.17, 15) is 4.79 Å². The van der Waals surface area contributed by atoms with Crippen LogP contribution in [0.5, 0.6) is 0 Å². The van der Waals surface area contributed by atoms with E-state index < -0.39 is 6.04 Å². The number of pyridine rings is 1. The van der Waals surface area contributed by atoms with Crippen LogP contribution in [-0.4, -0.2) is 26.7 Å². The summed E-state index contributed by atoms with van der Waals surface area (Å²) in [6, 6.07) is 15.0. The number of carbonyl (C=O) groups is 1. The van der Waals surface area contributed by atoms with Crippen molar-refractivity contribution in [3.8, 4) is 5.82 Å². The van der Waals surface area contributed by atoms with Gasteiger partial charge in [-0.1, -0.05) is 36.4 Å². The monoisotopic (exact) mass is 349 g/mol. The SMILES string of the molecule is Cc1cc(C)n(-c2ccc(CNC(=O)C(N)Cc3ccccc3)cn2)n1.